The normalized spacial score (nSPS) is 12.1. The first kappa shape index (κ1) is 13.7. The molecule has 1 heterocycles. The minimum absolute atomic E-state index is 0.103. The molecule has 20 heavy (non-hydrogen) atoms. The lowest BCUT2D eigenvalue weighted by molar-refractivity contribution is -0.385. The quantitative estimate of drug-likeness (QED) is 0.652. The predicted octanol–water partition coefficient (Wildman–Crippen LogP) is 1.84. The molecular formula is C12H12FN5O2. The third-order valence-electron chi connectivity index (χ3n) is 2.92. The van der Waals surface area contributed by atoms with Gasteiger partial charge in [-0.1, -0.05) is 19.1 Å². The second-order valence-electron chi connectivity index (χ2n) is 4.23. The highest BCUT2D eigenvalue weighted by Gasteiger charge is 2.27. The van der Waals surface area contributed by atoms with Crippen LogP contribution in [0.2, 0.25) is 0 Å². The van der Waals surface area contributed by atoms with E-state index in [1.54, 1.807) is 6.92 Å². The average molecular weight is 277 g/mol. The SMILES string of the molecule is C[C@@H](c1ccc(F)cc1)c1nc(N)nc(N)c1[N+](=O)[O-]. The molecule has 0 aliphatic carbocycles. The van der Waals surface area contributed by atoms with Gasteiger partial charge in [-0.25, -0.2) is 9.37 Å². The molecule has 1 aromatic carbocycles. The van der Waals surface area contributed by atoms with Crippen molar-refractivity contribution < 1.29 is 9.31 Å². The van der Waals surface area contributed by atoms with E-state index in [0.717, 1.165) is 0 Å². The summed E-state index contributed by atoms with van der Waals surface area (Å²) in [5, 5.41) is 11.1. The molecule has 7 nitrogen and oxygen atoms in total. The maximum Gasteiger partial charge on any atom is 0.333 e. The molecule has 8 heteroatoms. The predicted molar refractivity (Wildman–Crippen MR) is 71.4 cm³/mol. The number of hydrogen-bond donors (Lipinski definition) is 2. The Balaban J connectivity index is 2.56. The molecule has 0 fully saturated rings. The highest BCUT2D eigenvalue weighted by atomic mass is 19.1. The fourth-order valence-electron chi connectivity index (χ4n) is 1.91. The van der Waals surface area contributed by atoms with E-state index in [4.69, 9.17) is 11.5 Å². The number of aromatic nitrogens is 2. The number of benzene rings is 1. The van der Waals surface area contributed by atoms with Gasteiger partial charge in [-0.15, -0.1) is 0 Å². The molecule has 1 aromatic heterocycles. The average Bonchev–Trinajstić information content (AvgIpc) is 2.37. The Hall–Kier alpha value is -2.77. The Morgan fingerprint density at radius 2 is 1.85 bits per heavy atom. The van der Waals surface area contributed by atoms with Crippen LogP contribution in [0.1, 0.15) is 24.1 Å². The maximum atomic E-state index is 12.9. The molecule has 0 bridgehead atoms. The van der Waals surface area contributed by atoms with Gasteiger partial charge in [0, 0.05) is 5.92 Å². The number of halogens is 1. The second-order valence-corrected chi connectivity index (χ2v) is 4.23. The Bertz CT molecular complexity index is 660. The Morgan fingerprint density at radius 1 is 1.25 bits per heavy atom. The van der Waals surface area contributed by atoms with E-state index in [9.17, 15) is 14.5 Å². The summed E-state index contributed by atoms with van der Waals surface area (Å²) in [5.41, 5.74) is 11.4. The number of anilines is 2. The van der Waals surface area contributed by atoms with Crippen LogP contribution in [-0.4, -0.2) is 14.9 Å². The molecule has 104 valence electrons. The number of nitrogens with zero attached hydrogens (tertiary/aromatic N) is 3. The molecular weight excluding hydrogens is 265 g/mol. The zero-order chi connectivity index (χ0) is 14.9. The summed E-state index contributed by atoms with van der Waals surface area (Å²) < 4.78 is 12.9. The van der Waals surface area contributed by atoms with Crippen LogP contribution in [0.25, 0.3) is 0 Å². The molecule has 1 atom stereocenters. The van der Waals surface area contributed by atoms with Gasteiger partial charge < -0.3 is 11.5 Å². The first-order valence-electron chi connectivity index (χ1n) is 5.73. The van der Waals surface area contributed by atoms with Gasteiger partial charge in [0.05, 0.1) is 4.92 Å². The summed E-state index contributed by atoms with van der Waals surface area (Å²) in [5.74, 6) is -1.29. The molecule has 2 rings (SSSR count). The smallest absolute Gasteiger partial charge is 0.333 e. The van der Waals surface area contributed by atoms with E-state index in [-0.39, 0.29) is 23.1 Å². The van der Waals surface area contributed by atoms with E-state index in [1.807, 2.05) is 0 Å². The third kappa shape index (κ3) is 2.48. The van der Waals surface area contributed by atoms with E-state index < -0.39 is 16.7 Å². The molecule has 0 saturated carbocycles. The second kappa shape index (κ2) is 5.08. The van der Waals surface area contributed by atoms with Gasteiger partial charge in [-0.2, -0.15) is 4.98 Å². The molecule has 0 aliphatic heterocycles. The van der Waals surface area contributed by atoms with Crippen molar-refractivity contribution >= 4 is 17.5 Å². The molecule has 0 radical (unpaired) electrons. The van der Waals surface area contributed by atoms with Crippen molar-refractivity contribution in [1.29, 1.82) is 0 Å². The zero-order valence-electron chi connectivity index (χ0n) is 10.6. The maximum absolute atomic E-state index is 12.9. The molecule has 0 saturated heterocycles. The van der Waals surface area contributed by atoms with E-state index in [2.05, 4.69) is 9.97 Å². The van der Waals surface area contributed by atoms with Gasteiger partial charge in [-0.3, -0.25) is 10.1 Å². The van der Waals surface area contributed by atoms with Gasteiger partial charge >= 0.3 is 5.69 Å². The number of nitrogens with two attached hydrogens (primary N) is 2. The van der Waals surface area contributed by atoms with Gasteiger partial charge in [0.25, 0.3) is 0 Å². The first-order chi connectivity index (χ1) is 9.40. The monoisotopic (exact) mass is 277 g/mol. The minimum atomic E-state index is -0.649. The molecule has 0 amide bonds. The van der Waals surface area contributed by atoms with Crippen LogP contribution in [0.4, 0.5) is 21.8 Å². The van der Waals surface area contributed by atoms with Crippen LogP contribution < -0.4 is 11.5 Å². The number of nitro groups is 1. The fourth-order valence-corrected chi connectivity index (χ4v) is 1.91. The van der Waals surface area contributed by atoms with Crippen molar-refractivity contribution in [2.75, 3.05) is 11.5 Å². The minimum Gasteiger partial charge on any atom is -0.378 e. The summed E-state index contributed by atoms with van der Waals surface area (Å²) in [6.07, 6.45) is 0. The summed E-state index contributed by atoms with van der Waals surface area (Å²) in [4.78, 5) is 17.9. The highest BCUT2D eigenvalue weighted by Crippen LogP contribution is 2.33. The number of nitrogen functional groups attached to an aromatic ring is 2. The summed E-state index contributed by atoms with van der Waals surface area (Å²) in [6, 6.07) is 5.59. The van der Waals surface area contributed by atoms with Crippen molar-refractivity contribution in [2.45, 2.75) is 12.8 Å². The molecule has 0 unspecified atom stereocenters. The molecule has 2 aromatic rings. The van der Waals surface area contributed by atoms with Crippen molar-refractivity contribution in [3.63, 3.8) is 0 Å². The molecule has 0 spiro atoms. The van der Waals surface area contributed by atoms with Crippen LogP contribution in [0, 0.1) is 15.9 Å². The topological polar surface area (TPSA) is 121 Å². The lowest BCUT2D eigenvalue weighted by Gasteiger charge is -2.12. The van der Waals surface area contributed by atoms with Crippen LogP contribution in [0.5, 0.6) is 0 Å². The van der Waals surface area contributed by atoms with Gasteiger partial charge in [0.2, 0.25) is 11.8 Å². The first-order valence-corrected chi connectivity index (χ1v) is 5.73. The Labute approximate surface area is 113 Å². The Morgan fingerprint density at radius 3 is 2.40 bits per heavy atom. The third-order valence-corrected chi connectivity index (χ3v) is 2.92. The van der Waals surface area contributed by atoms with Crippen molar-refractivity contribution in [3.8, 4) is 0 Å². The van der Waals surface area contributed by atoms with Crippen molar-refractivity contribution in [1.82, 2.24) is 9.97 Å². The molecule has 4 N–H and O–H groups in total. The lowest BCUT2D eigenvalue weighted by atomic mass is 9.96. The number of hydrogen-bond acceptors (Lipinski definition) is 6. The van der Waals surface area contributed by atoms with E-state index >= 15 is 0 Å². The summed E-state index contributed by atoms with van der Waals surface area (Å²) >= 11 is 0. The fraction of sp³-hybridized carbons (Fsp3) is 0.167. The van der Waals surface area contributed by atoms with Crippen LogP contribution in [-0.2, 0) is 0 Å². The largest absolute Gasteiger partial charge is 0.378 e. The van der Waals surface area contributed by atoms with Crippen LogP contribution >= 0.6 is 0 Å². The van der Waals surface area contributed by atoms with Crippen LogP contribution in [0.15, 0.2) is 24.3 Å². The van der Waals surface area contributed by atoms with Gasteiger partial charge in [-0.05, 0) is 17.7 Å². The van der Waals surface area contributed by atoms with Crippen molar-refractivity contribution in [2.24, 2.45) is 0 Å². The molecule has 0 aliphatic rings. The number of rotatable bonds is 3. The zero-order valence-corrected chi connectivity index (χ0v) is 10.6. The summed E-state index contributed by atoms with van der Waals surface area (Å²) in [7, 11) is 0. The van der Waals surface area contributed by atoms with Crippen LogP contribution in [0.3, 0.4) is 0 Å². The highest BCUT2D eigenvalue weighted by molar-refractivity contribution is 5.59. The summed E-state index contributed by atoms with van der Waals surface area (Å²) in [6.45, 7) is 1.70. The van der Waals surface area contributed by atoms with Gasteiger partial charge in [0.1, 0.15) is 11.5 Å². The van der Waals surface area contributed by atoms with Gasteiger partial charge in [0.15, 0.2) is 0 Å². The van der Waals surface area contributed by atoms with Crippen molar-refractivity contribution in [3.05, 3.63) is 51.5 Å². The standard InChI is InChI=1S/C12H12FN5O2/c1-6(7-2-4-8(13)5-3-7)9-10(18(19)20)11(14)17-12(15)16-9/h2-6H,1H3,(H4,14,15,16,17)/t6-/m0/s1. The Kier molecular flexibility index (Phi) is 3.47. The van der Waals surface area contributed by atoms with E-state index in [1.165, 1.54) is 24.3 Å². The van der Waals surface area contributed by atoms with E-state index in [0.29, 0.717) is 5.56 Å². The lowest BCUT2D eigenvalue weighted by Crippen LogP contribution is -2.11.